The van der Waals surface area contributed by atoms with Gasteiger partial charge in [0, 0.05) is 23.8 Å². The Balaban J connectivity index is 1.81. The normalized spacial score (nSPS) is 16.6. The van der Waals surface area contributed by atoms with Crippen molar-refractivity contribution < 1.29 is 0 Å². The molecule has 19 heavy (non-hydrogen) atoms. The standard InChI is InChI=1S/C17H16ClN/c18-14-5-3-12-9-13-4-6-15(19-7-1-2-8-19)11-17(13)16(12)10-14/h3-6,10-11H,1-2,7-9H2. The molecular formula is C17H16ClN. The summed E-state index contributed by atoms with van der Waals surface area (Å²) in [4.78, 5) is 2.49. The fourth-order valence-electron chi connectivity index (χ4n) is 3.30. The molecule has 1 aliphatic carbocycles. The summed E-state index contributed by atoms with van der Waals surface area (Å²) in [5, 5.41) is 0.832. The van der Waals surface area contributed by atoms with Crippen LogP contribution in [0.1, 0.15) is 24.0 Å². The van der Waals surface area contributed by atoms with E-state index in [0.29, 0.717) is 0 Å². The lowest BCUT2D eigenvalue weighted by atomic mass is 10.0. The molecule has 0 unspecified atom stereocenters. The van der Waals surface area contributed by atoms with Crippen molar-refractivity contribution in [2.45, 2.75) is 19.3 Å². The van der Waals surface area contributed by atoms with E-state index in [1.54, 1.807) is 0 Å². The summed E-state index contributed by atoms with van der Waals surface area (Å²) in [5.41, 5.74) is 6.90. The van der Waals surface area contributed by atoms with Gasteiger partial charge in [0.15, 0.2) is 0 Å². The van der Waals surface area contributed by atoms with Crippen LogP contribution in [0.2, 0.25) is 5.02 Å². The molecule has 0 atom stereocenters. The number of halogens is 1. The topological polar surface area (TPSA) is 3.24 Å². The number of fused-ring (bicyclic) bond motifs is 3. The van der Waals surface area contributed by atoms with E-state index < -0.39 is 0 Å². The highest BCUT2D eigenvalue weighted by Crippen LogP contribution is 2.40. The van der Waals surface area contributed by atoms with E-state index in [0.717, 1.165) is 11.4 Å². The molecule has 4 rings (SSSR count). The van der Waals surface area contributed by atoms with Crippen LogP contribution in [0.5, 0.6) is 0 Å². The lowest BCUT2D eigenvalue weighted by Crippen LogP contribution is -2.17. The Bertz CT molecular complexity index is 642. The van der Waals surface area contributed by atoms with Crippen molar-refractivity contribution in [3.8, 4) is 11.1 Å². The van der Waals surface area contributed by atoms with Crippen molar-refractivity contribution in [2.75, 3.05) is 18.0 Å². The fraction of sp³-hybridized carbons (Fsp3) is 0.294. The van der Waals surface area contributed by atoms with Crippen LogP contribution < -0.4 is 4.90 Å². The Kier molecular flexibility index (Phi) is 2.56. The molecule has 0 amide bonds. The molecule has 0 N–H and O–H groups in total. The van der Waals surface area contributed by atoms with Gasteiger partial charge in [-0.15, -0.1) is 0 Å². The van der Waals surface area contributed by atoms with E-state index in [1.165, 1.54) is 53.9 Å². The van der Waals surface area contributed by atoms with Crippen molar-refractivity contribution in [1.29, 1.82) is 0 Å². The Morgan fingerprint density at radius 2 is 1.53 bits per heavy atom. The largest absolute Gasteiger partial charge is 0.372 e. The molecule has 2 aromatic carbocycles. The molecule has 2 aliphatic rings. The van der Waals surface area contributed by atoms with Gasteiger partial charge >= 0.3 is 0 Å². The molecule has 0 spiro atoms. The second-order valence-corrected chi connectivity index (χ2v) is 5.95. The van der Waals surface area contributed by atoms with E-state index in [-0.39, 0.29) is 0 Å². The predicted molar refractivity (Wildman–Crippen MR) is 81.1 cm³/mol. The summed E-state index contributed by atoms with van der Waals surface area (Å²) < 4.78 is 0. The van der Waals surface area contributed by atoms with Crippen LogP contribution in [-0.2, 0) is 6.42 Å². The molecule has 2 heteroatoms. The van der Waals surface area contributed by atoms with Crippen molar-refractivity contribution >= 4 is 17.3 Å². The molecule has 1 heterocycles. The monoisotopic (exact) mass is 269 g/mol. The average Bonchev–Trinajstić information content (AvgIpc) is 3.05. The zero-order chi connectivity index (χ0) is 12.8. The highest BCUT2D eigenvalue weighted by Gasteiger charge is 2.20. The first kappa shape index (κ1) is 11.4. The zero-order valence-corrected chi connectivity index (χ0v) is 11.6. The Morgan fingerprint density at radius 3 is 2.32 bits per heavy atom. The smallest absolute Gasteiger partial charge is 0.0412 e. The van der Waals surface area contributed by atoms with Gasteiger partial charge in [0.05, 0.1) is 0 Å². The third kappa shape index (κ3) is 1.84. The molecule has 1 saturated heterocycles. The third-order valence-electron chi connectivity index (χ3n) is 4.31. The minimum Gasteiger partial charge on any atom is -0.372 e. The van der Waals surface area contributed by atoms with E-state index in [1.807, 2.05) is 6.07 Å². The van der Waals surface area contributed by atoms with E-state index in [9.17, 15) is 0 Å². The van der Waals surface area contributed by atoms with Gasteiger partial charge in [0.2, 0.25) is 0 Å². The SMILES string of the molecule is Clc1ccc2c(c1)-c1cc(N3CCCC3)ccc1C2. The first-order valence-electron chi connectivity index (χ1n) is 6.98. The number of hydrogen-bond donors (Lipinski definition) is 0. The van der Waals surface area contributed by atoms with Crippen LogP contribution in [0.4, 0.5) is 5.69 Å². The maximum Gasteiger partial charge on any atom is 0.0412 e. The van der Waals surface area contributed by atoms with Crippen LogP contribution in [0, 0.1) is 0 Å². The average molecular weight is 270 g/mol. The first-order valence-corrected chi connectivity index (χ1v) is 7.36. The zero-order valence-electron chi connectivity index (χ0n) is 10.8. The molecule has 1 nitrogen and oxygen atoms in total. The lowest BCUT2D eigenvalue weighted by molar-refractivity contribution is 0.949. The van der Waals surface area contributed by atoms with E-state index in [2.05, 4.69) is 35.2 Å². The number of nitrogens with zero attached hydrogens (tertiary/aromatic N) is 1. The van der Waals surface area contributed by atoms with Crippen molar-refractivity contribution in [2.24, 2.45) is 0 Å². The Labute approximate surface area is 118 Å². The van der Waals surface area contributed by atoms with Gasteiger partial charge in [-0.2, -0.15) is 0 Å². The molecule has 0 radical (unpaired) electrons. The first-order chi connectivity index (χ1) is 9.31. The maximum absolute atomic E-state index is 6.15. The summed E-state index contributed by atoms with van der Waals surface area (Å²) in [6, 6.07) is 13.2. The Morgan fingerprint density at radius 1 is 0.842 bits per heavy atom. The molecule has 0 saturated carbocycles. The number of anilines is 1. The summed E-state index contributed by atoms with van der Waals surface area (Å²) in [6.07, 6.45) is 3.68. The molecule has 1 aliphatic heterocycles. The molecule has 1 fully saturated rings. The van der Waals surface area contributed by atoms with Gasteiger partial charge in [0.25, 0.3) is 0 Å². The van der Waals surface area contributed by atoms with Gasteiger partial charge in [-0.05, 0) is 65.8 Å². The van der Waals surface area contributed by atoms with E-state index >= 15 is 0 Å². The summed E-state index contributed by atoms with van der Waals surface area (Å²) in [7, 11) is 0. The lowest BCUT2D eigenvalue weighted by Gasteiger charge is -2.18. The molecule has 96 valence electrons. The predicted octanol–water partition coefficient (Wildman–Crippen LogP) is 4.51. The maximum atomic E-state index is 6.15. The molecule has 0 aromatic heterocycles. The molecule has 2 aromatic rings. The molecular weight excluding hydrogens is 254 g/mol. The quantitative estimate of drug-likeness (QED) is 0.628. The van der Waals surface area contributed by atoms with Gasteiger partial charge in [-0.3, -0.25) is 0 Å². The van der Waals surface area contributed by atoms with Crippen LogP contribution in [-0.4, -0.2) is 13.1 Å². The van der Waals surface area contributed by atoms with E-state index in [4.69, 9.17) is 11.6 Å². The number of hydrogen-bond acceptors (Lipinski definition) is 1. The Hall–Kier alpha value is -1.47. The molecule has 0 bridgehead atoms. The highest BCUT2D eigenvalue weighted by atomic mass is 35.5. The van der Waals surface area contributed by atoms with Crippen molar-refractivity contribution in [1.82, 2.24) is 0 Å². The summed E-state index contributed by atoms with van der Waals surface area (Å²) in [6.45, 7) is 2.39. The van der Waals surface area contributed by atoms with Crippen LogP contribution in [0.25, 0.3) is 11.1 Å². The van der Waals surface area contributed by atoms with Gasteiger partial charge in [0.1, 0.15) is 0 Å². The number of rotatable bonds is 1. The van der Waals surface area contributed by atoms with Crippen molar-refractivity contribution in [3.05, 3.63) is 52.5 Å². The minimum atomic E-state index is 0.832. The minimum absolute atomic E-state index is 0.832. The summed E-state index contributed by atoms with van der Waals surface area (Å²) in [5.74, 6) is 0. The van der Waals surface area contributed by atoms with Gasteiger partial charge in [-0.25, -0.2) is 0 Å². The van der Waals surface area contributed by atoms with Crippen molar-refractivity contribution in [3.63, 3.8) is 0 Å². The number of benzene rings is 2. The second kappa shape index (κ2) is 4.28. The fourth-order valence-corrected chi connectivity index (χ4v) is 3.47. The highest BCUT2D eigenvalue weighted by molar-refractivity contribution is 6.31. The van der Waals surface area contributed by atoms with Crippen LogP contribution in [0.3, 0.4) is 0 Å². The van der Waals surface area contributed by atoms with Gasteiger partial charge < -0.3 is 4.90 Å². The van der Waals surface area contributed by atoms with Crippen LogP contribution in [0.15, 0.2) is 36.4 Å². The van der Waals surface area contributed by atoms with Gasteiger partial charge in [-0.1, -0.05) is 23.7 Å². The third-order valence-corrected chi connectivity index (χ3v) is 4.54. The second-order valence-electron chi connectivity index (χ2n) is 5.51. The summed E-state index contributed by atoms with van der Waals surface area (Å²) >= 11 is 6.15. The van der Waals surface area contributed by atoms with Crippen LogP contribution >= 0.6 is 11.6 Å².